The van der Waals surface area contributed by atoms with E-state index in [-0.39, 0.29) is 11.7 Å². The van der Waals surface area contributed by atoms with E-state index < -0.39 is 0 Å². The number of benzene rings is 2. The largest absolute Gasteiger partial charge is 0.497 e. The summed E-state index contributed by atoms with van der Waals surface area (Å²) in [4.78, 5) is 12.0. The third-order valence-corrected chi connectivity index (χ3v) is 4.56. The summed E-state index contributed by atoms with van der Waals surface area (Å²) < 4.78 is 16.0. The van der Waals surface area contributed by atoms with Gasteiger partial charge in [-0.25, -0.2) is 0 Å². The van der Waals surface area contributed by atoms with Gasteiger partial charge in [0.1, 0.15) is 17.3 Å². The molecule has 0 atom stereocenters. The first kappa shape index (κ1) is 18.0. The highest BCUT2D eigenvalue weighted by molar-refractivity contribution is 7.99. The molecule has 0 unspecified atom stereocenters. The van der Waals surface area contributed by atoms with E-state index >= 15 is 0 Å². The topological polar surface area (TPSA) is 74.5 Å². The van der Waals surface area contributed by atoms with E-state index in [4.69, 9.17) is 13.9 Å². The Morgan fingerprint density at radius 1 is 1.04 bits per heavy atom. The van der Waals surface area contributed by atoms with Crippen LogP contribution in [0.3, 0.4) is 0 Å². The van der Waals surface area contributed by atoms with Crippen molar-refractivity contribution < 1.29 is 18.7 Å². The first-order valence-corrected chi connectivity index (χ1v) is 8.92. The Morgan fingerprint density at radius 2 is 1.77 bits per heavy atom. The van der Waals surface area contributed by atoms with E-state index in [1.165, 1.54) is 0 Å². The molecule has 1 aromatic heterocycles. The number of aryl methyl sites for hydroxylation is 2. The second-order valence-corrected chi connectivity index (χ2v) is 6.54. The molecule has 0 fully saturated rings. The molecule has 134 valence electrons. The number of hydrogen-bond acceptors (Lipinski definition) is 7. The number of aromatic nitrogens is 2. The lowest BCUT2D eigenvalue weighted by Crippen LogP contribution is -2.10. The van der Waals surface area contributed by atoms with Crippen LogP contribution in [0, 0.1) is 13.8 Å². The van der Waals surface area contributed by atoms with E-state index in [1.54, 1.807) is 13.2 Å². The van der Waals surface area contributed by atoms with Crippen LogP contribution in [0.25, 0.3) is 11.5 Å². The molecule has 1 heterocycles. The number of ether oxygens (including phenoxy) is 2. The average molecular weight is 370 g/mol. The second kappa shape index (κ2) is 8.05. The third kappa shape index (κ3) is 4.43. The van der Waals surface area contributed by atoms with E-state index in [9.17, 15) is 4.79 Å². The van der Waals surface area contributed by atoms with Crippen molar-refractivity contribution in [1.29, 1.82) is 0 Å². The number of methoxy groups -OCH3 is 1. The fourth-order valence-corrected chi connectivity index (χ4v) is 2.71. The first-order valence-electron chi connectivity index (χ1n) is 7.94. The van der Waals surface area contributed by atoms with Crippen molar-refractivity contribution >= 4 is 17.7 Å². The molecule has 3 aromatic rings. The zero-order chi connectivity index (χ0) is 18.5. The van der Waals surface area contributed by atoms with Crippen LogP contribution in [-0.2, 0) is 4.79 Å². The molecule has 3 rings (SSSR count). The summed E-state index contributed by atoms with van der Waals surface area (Å²) in [6.07, 6.45) is 0. The van der Waals surface area contributed by atoms with Gasteiger partial charge in [-0.1, -0.05) is 17.8 Å². The first-order chi connectivity index (χ1) is 12.5. The SMILES string of the molecule is COc1ccc(-c2nnc(SCC(=O)Oc3ccc(C)c(C)c3)o2)cc1. The Labute approximate surface area is 155 Å². The molecule has 0 bridgehead atoms. The van der Waals surface area contributed by atoms with E-state index in [0.717, 1.165) is 34.2 Å². The van der Waals surface area contributed by atoms with Crippen LogP contribution in [0.4, 0.5) is 0 Å². The van der Waals surface area contributed by atoms with Gasteiger partial charge >= 0.3 is 5.97 Å². The molecule has 0 radical (unpaired) electrons. The van der Waals surface area contributed by atoms with Gasteiger partial charge in [-0.2, -0.15) is 0 Å². The minimum absolute atomic E-state index is 0.0805. The van der Waals surface area contributed by atoms with Gasteiger partial charge in [0, 0.05) is 5.56 Å². The van der Waals surface area contributed by atoms with Crippen LogP contribution < -0.4 is 9.47 Å². The molecule has 0 spiro atoms. The summed E-state index contributed by atoms with van der Waals surface area (Å²) in [6, 6.07) is 12.8. The summed E-state index contributed by atoms with van der Waals surface area (Å²) in [6.45, 7) is 3.98. The predicted molar refractivity (Wildman–Crippen MR) is 98.6 cm³/mol. The van der Waals surface area contributed by atoms with Gasteiger partial charge in [0.2, 0.25) is 5.89 Å². The highest BCUT2D eigenvalue weighted by Crippen LogP contribution is 2.25. The lowest BCUT2D eigenvalue weighted by Gasteiger charge is -2.05. The van der Waals surface area contributed by atoms with Gasteiger partial charge in [-0.3, -0.25) is 4.79 Å². The van der Waals surface area contributed by atoms with Gasteiger partial charge < -0.3 is 13.9 Å². The van der Waals surface area contributed by atoms with Crippen molar-refractivity contribution in [1.82, 2.24) is 10.2 Å². The van der Waals surface area contributed by atoms with E-state index in [0.29, 0.717) is 16.9 Å². The zero-order valence-corrected chi connectivity index (χ0v) is 15.5. The quantitative estimate of drug-likeness (QED) is 0.368. The Morgan fingerprint density at radius 3 is 2.46 bits per heavy atom. The minimum Gasteiger partial charge on any atom is -0.497 e. The van der Waals surface area contributed by atoms with Crippen LogP contribution in [0.15, 0.2) is 52.1 Å². The zero-order valence-electron chi connectivity index (χ0n) is 14.7. The van der Waals surface area contributed by atoms with Gasteiger partial charge in [0.05, 0.1) is 7.11 Å². The summed E-state index contributed by atoms with van der Waals surface area (Å²) in [5.41, 5.74) is 3.00. The lowest BCUT2D eigenvalue weighted by molar-refractivity contribution is -0.131. The maximum absolute atomic E-state index is 12.0. The van der Waals surface area contributed by atoms with Gasteiger partial charge in [-0.15, -0.1) is 10.2 Å². The van der Waals surface area contributed by atoms with Gasteiger partial charge in [0.15, 0.2) is 0 Å². The third-order valence-electron chi connectivity index (χ3n) is 3.77. The van der Waals surface area contributed by atoms with Crippen molar-refractivity contribution in [2.45, 2.75) is 19.1 Å². The number of carbonyl (C=O) groups is 1. The Balaban J connectivity index is 1.56. The van der Waals surface area contributed by atoms with E-state index in [2.05, 4.69) is 10.2 Å². The molecule has 0 saturated carbocycles. The second-order valence-electron chi connectivity index (χ2n) is 5.61. The number of hydrogen-bond donors (Lipinski definition) is 0. The van der Waals surface area contributed by atoms with Crippen LogP contribution >= 0.6 is 11.8 Å². The number of carbonyl (C=O) groups excluding carboxylic acids is 1. The summed E-state index contributed by atoms with van der Waals surface area (Å²) in [5, 5.41) is 8.25. The molecule has 0 amide bonds. The van der Waals surface area contributed by atoms with Crippen LogP contribution in [-0.4, -0.2) is 29.0 Å². The molecular formula is C19H18N2O4S. The molecule has 0 N–H and O–H groups in total. The van der Waals surface area contributed by atoms with Crippen molar-refractivity contribution in [3.8, 4) is 23.0 Å². The molecule has 0 aliphatic rings. The molecule has 26 heavy (non-hydrogen) atoms. The number of nitrogens with zero attached hydrogens (tertiary/aromatic N) is 2. The minimum atomic E-state index is -0.373. The number of rotatable bonds is 6. The standard InChI is InChI=1S/C19H18N2O4S/c1-12-4-7-16(10-13(12)2)24-17(22)11-26-19-21-20-18(25-19)14-5-8-15(23-3)9-6-14/h4-10H,11H2,1-3H3. The Kier molecular flexibility index (Phi) is 5.58. The predicted octanol–water partition coefficient (Wildman–Crippen LogP) is 4.06. The fourth-order valence-electron chi connectivity index (χ4n) is 2.18. The molecule has 2 aromatic carbocycles. The number of thioether (sulfide) groups is 1. The van der Waals surface area contributed by atoms with Crippen LogP contribution in [0.1, 0.15) is 11.1 Å². The van der Waals surface area contributed by atoms with Crippen molar-refractivity contribution in [3.05, 3.63) is 53.6 Å². The highest BCUT2D eigenvalue weighted by atomic mass is 32.2. The lowest BCUT2D eigenvalue weighted by atomic mass is 10.1. The molecule has 7 heteroatoms. The maximum Gasteiger partial charge on any atom is 0.321 e. The monoisotopic (exact) mass is 370 g/mol. The molecule has 0 saturated heterocycles. The van der Waals surface area contributed by atoms with Crippen molar-refractivity contribution in [2.24, 2.45) is 0 Å². The molecular weight excluding hydrogens is 352 g/mol. The Bertz CT molecular complexity index is 906. The van der Waals surface area contributed by atoms with Crippen molar-refractivity contribution in [2.75, 3.05) is 12.9 Å². The summed E-state index contributed by atoms with van der Waals surface area (Å²) >= 11 is 1.14. The normalized spacial score (nSPS) is 10.6. The van der Waals surface area contributed by atoms with E-state index in [1.807, 2.05) is 50.2 Å². The number of esters is 1. The molecule has 6 nitrogen and oxygen atoms in total. The van der Waals surface area contributed by atoms with Gasteiger partial charge in [0.25, 0.3) is 5.22 Å². The average Bonchev–Trinajstić information content (AvgIpc) is 3.12. The molecule has 0 aliphatic heterocycles. The molecule has 0 aliphatic carbocycles. The summed E-state index contributed by atoms with van der Waals surface area (Å²) in [5.74, 6) is 1.37. The van der Waals surface area contributed by atoms with Crippen molar-refractivity contribution in [3.63, 3.8) is 0 Å². The fraction of sp³-hybridized carbons (Fsp3) is 0.211. The van der Waals surface area contributed by atoms with Gasteiger partial charge in [-0.05, 0) is 61.4 Å². The Hall–Kier alpha value is -2.80. The highest BCUT2D eigenvalue weighted by Gasteiger charge is 2.13. The maximum atomic E-state index is 12.0. The summed E-state index contributed by atoms with van der Waals surface area (Å²) in [7, 11) is 1.60. The van der Waals surface area contributed by atoms with Crippen LogP contribution in [0.2, 0.25) is 0 Å². The van der Waals surface area contributed by atoms with Crippen LogP contribution in [0.5, 0.6) is 11.5 Å². The smallest absolute Gasteiger partial charge is 0.321 e.